The fourth-order valence-electron chi connectivity index (χ4n) is 2.33. The molecule has 0 aliphatic carbocycles. The standard InChI is InChI=1S/C15H19N3O2S/c1-9-7-10(2)15(12(4)14(9)16)21(19,20)18-13-6-5-11(3)17-8-13/h5-8,18H,16H2,1-4H3. The average molecular weight is 305 g/mol. The number of hydrogen-bond acceptors (Lipinski definition) is 4. The van der Waals surface area contributed by atoms with Gasteiger partial charge in [-0.1, -0.05) is 6.07 Å². The third-order valence-electron chi connectivity index (χ3n) is 3.39. The number of sulfonamides is 1. The molecule has 0 radical (unpaired) electrons. The van der Waals surface area contributed by atoms with Gasteiger partial charge in [-0.05, 0) is 56.5 Å². The highest BCUT2D eigenvalue weighted by molar-refractivity contribution is 7.92. The smallest absolute Gasteiger partial charge is 0.262 e. The van der Waals surface area contributed by atoms with Crippen LogP contribution in [0.1, 0.15) is 22.4 Å². The third kappa shape index (κ3) is 3.00. The quantitative estimate of drug-likeness (QED) is 0.854. The molecular formula is C15H19N3O2S. The number of hydrogen-bond donors (Lipinski definition) is 2. The van der Waals surface area contributed by atoms with Gasteiger partial charge >= 0.3 is 0 Å². The molecule has 2 rings (SSSR count). The predicted octanol–water partition coefficient (Wildman–Crippen LogP) is 2.70. The monoisotopic (exact) mass is 305 g/mol. The summed E-state index contributed by atoms with van der Waals surface area (Å²) in [5.74, 6) is 0. The summed E-state index contributed by atoms with van der Waals surface area (Å²) < 4.78 is 27.7. The number of nitrogens with one attached hydrogen (secondary N) is 1. The van der Waals surface area contributed by atoms with Crippen LogP contribution < -0.4 is 10.5 Å². The van der Waals surface area contributed by atoms with E-state index in [4.69, 9.17) is 5.73 Å². The molecule has 5 nitrogen and oxygen atoms in total. The largest absolute Gasteiger partial charge is 0.398 e. The maximum absolute atomic E-state index is 12.6. The first-order chi connectivity index (χ1) is 9.72. The Hall–Kier alpha value is -2.08. The van der Waals surface area contributed by atoms with Crippen LogP contribution in [-0.2, 0) is 10.0 Å². The Morgan fingerprint density at radius 1 is 1.10 bits per heavy atom. The van der Waals surface area contributed by atoms with Gasteiger partial charge in [-0.3, -0.25) is 9.71 Å². The zero-order valence-electron chi connectivity index (χ0n) is 12.6. The number of benzene rings is 1. The number of aryl methyl sites for hydroxylation is 3. The van der Waals surface area contributed by atoms with Crippen molar-refractivity contribution >= 4 is 21.4 Å². The highest BCUT2D eigenvalue weighted by Crippen LogP contribution is 2.29. The van der Waals surface area contributed by atoms with E-state index in [1.807, 2.05) is 13.8 Å². The molecular weight excluding hydrogens is 286 g/mol. The minimum atomic E-state index is -3.70. The maximum Gasteiger partial charge on any atom is 0.262 e. The Morgan fingerprint density at radius 3 is 2.33 bits per heavy atom. The van der Waals surface area contributed by atoms with Gasteiger partial charge < -0.3 is 5.73 Å². The van der Waals surface area contributed by atoms with Gasteiger partial charge in [0.05, 0.1) is 16.8 Å². The number of rotatable bonds is 3. The molecule has 0 unspecified atom stereocenters. The molecule has 21 heavy (non-hydrogen) atoms. The lowest BCUT2D eigenvalue weighted by Crippen LogP contribution is -2.17. The number of nitrogens with two attached hydrogens (primary N) is 1. The van der Waals surface area contributed by atoms with E-state index in [0.717, 1.165) is 11.3 Å². The molecule has 0 saturated carbocycles. The van der Waals surface area contributed by atoms with E-state index in [2.05, 4.69) is 9.71 Å². The first kappa shape index (κ1) is 15.3. The second-order valence-corrected chi connectivity index (χ2v) is 6.79. The average Bonchev–Trinajstić information content (AvgIpc) is 2.38. The van der Waals surface area contributed by atoms with Crippen molar-refractivity contribution in [3.63, 3.8) is 0 Å². The van der Waals surface area contributed by atoms with Gasteiger partial charge in [-0.2, -0.15) is 0 Å². The van der Waals surface area contributed by atoms with Crippen LogP contribution in [0.2, 0.25) is 0 Å². The second-order valence-electron chi connectivity index (χ2n) is 5.17. The molecule has 0 fully saturated rings. The zero-order chi connectivity index (χ0) is 15.8. The summed E-state index contributed by atoms with van der Waals surface area (Å²) in [4.78, 5) is 4.31. The number of nitrogen functional groups attached to an aromatic ring is 1. The van der Waals surface area contributed by atoms with Crippen molar-refractivity contribution in [1.29, 1.82) is 0 Å². The number of nitrogens with zero attached hydrogens (tertiary/aromatic N) is 1. The fraction of sp³-hybridized carbons (Fsp3) is 0.267. The molecule has 1 aromatic heterocycles. The van der Waals surface area contributed by atoms with Crippen LogP contribution >= 0.6 is 0 Å². The molecule has 0 saturated heterocycles. The van der Waals surface area contributed by atoms with Crippen molar-refractivity contribution in [2.75, 3.05) is 10.5 Å². The van der Waals surface area contributed by atoms with Gasteiger partial charge in [0.1, 0.15) is 0 Å². The number of pyridine rings is 1. The molecule has 0 amide bonds. The maximum atomic E-state index is 12.6. The van der Waals surface area contributed by atoms with Gasteiger partial charge in [0.2, 0.25) is 0 Å². The minimum absolute atomic E-state index is 0.228. The third-order valence-corrected chi connectivity index (χ3v) is 5.06. The van der Waals surface area contributed by atoms with Crippen molar-refractivity contribution in [3.05, 3.63) is 46.8 Å². The lowest BCUT2D eigenvalue weighted by molar-refractivity contribution is 0.600. The van der Waals surface area contributed by atoms with E-state index in [0.29, 0.717) is 22.5 Å². The van der Waals surface area contributed by atoms with Crippen LogP contribution in [0.5, 0.6) is 0 Å². The van der Waals surface area contributed by atoms with Crippen molar-refractivity contribution in [3.8, 4) is 0 Å². The highest BCUT2D eigenvalue weighted by Gasteiger charge is 2.22. The van der Waals surface area contributed by atoms with Crippen LogP contribution in [0.15, 0.2) is 29.3 Å². The van der Waals surface area contributed by atoms with Gasteiger partial charge in [-0.25, -0.2) is 8.42 Å². The van der Waals surface area contributed by atoms with Crippen LogP contribution in [-0.4, -0.2) is 13.4 Å². The van der Waals surface area contributed by atoms with E-state index < -0.39 is 10.0 Å². The Kier molecular flexibility index (Phi) is 3.91. The van der Waals surface area contributed by atoms with Gasteiger partial charge in [0.25, 0.3) is 10.0 Å². The molecule has 6 heteroatoms. The summed E-state index contributed by atoms with van der Waals surface area (Å²) in [6, 6.07) is 5.22. The summed E-state index contributed by atoms with van der Waals surface area (Å²) in [7, 11) is -3.70. The molecule has 112 valence electrons. The number of aromatic nitrogens is 1. The molecule has 2 aromatic rings. The van der Waals surface area contributed by atoms with Crippen LogP contribution in [0.4, 0.5) is 11.4 Å². The number of anilines is 2. The van der Waals surface area contributed by atoms with Gasteiger partial charge in [0, 0.05) is 11.4 Å². The first-order valence-corrected chi connectivity index (χ1v) is 8.02. The Labute approximate surface area is 125 Å². The highest BCUT2D eigenvalue weighted by atomic mass is 32.2. The second kappa shape index (κ2) is 5.37. The van der Waals surface area contributed by atoms with Crippen LogP contribution in [0, 0.1) is 27.7 Å². The topological polar surface area (TPSA) is 85.1 Å². The van der Waals surface area contributed by atoms with E-state index in [1.165, 1.54) is 6.20 Å². The minimum Gasteiger partial charge on any atom is -0.398 e. The summed E-state index contributed by atoms with van der Waals surface area (Å²) in [6.07, 6.45) is 1.50. The Balaban J connectivity index is 2.50. The summed E-state index contributed by atoms with van der Waals surface area (Å²) in [6.45, 7) is 7.19. The molecule has 0 bridgehead atoms. The summed E-state index contributed by atoms with van der Waals surface area (Å²) in [5.41, 5.74) is 9.83. The van der Waals surface area contributed by atoms with E-state index in [9.17, 15) is 8.42 Å². The van der Waals surface area contributed by atoms with Crippen LogP contribution in [0.3, 0.4) is 0 Å². The molecule has 1 heterocycles. The molecule has 3 N–H and O–H groups in total. The molecule has 0 aliphatic heterocycles. The first-order valence-electron chi connectivity index (χ1n) is 6.54. The normalized spacial score (nSPS) is 11.4. The molecule has 0 aliphatic rings. The summed E-state index contributed by atoms with van der Waals surface area (Å²) >= 11 is 0. The molecule has 0 spiro atoms. The lowest BCUT2D eigenvalue weighted by atomic mass is 10.1. The molecule has 0 atom stereocenters. The van der Waals surface area contributed by atoms with Crippen molar-refractivity contribution < 1.29 is 8.42 Å². The fourth-order valence-corrected chi connectivity index (χ4v) is 3.86. The van der Waals surface area contributed by atoms with Crippen LogP contribution in [0.25, 0.3) is 0 Å². The van der Waals surface area contributed by atoms with Gasteiger partial charge in [-0.15, -0.1) is 0 Å². The predicted molar refractivity (Wildman–Crippen MR) is 84.8 cm³/mol. The van der Waals surface area contributed by atoms with E-state index in [1.54, 1.807) is 32.0 Å². The van der Waals surface area contributed by atoms with Gasteiger partial charge in [0.15, 0.2) is 0 Å². The zero-order valence-corrected chi connectivity index (χ0v) is 13.4. The van der Waals surface area contributed by atoms with Crippen molar-refractivity contribution in [2.24, 2.45) is 0 Å². The Bertz CT molecular complexity index is 782. The Morgan fingerprint density at radius 2 is 1.76 bits per heavy atom. The molecule has 1 aromatic carbocycles. The van der Waals surface area contributed by atoms with E-state index in [-0.39, 0.29) is 4.90 Å². The van der Waals surface area contributed by atoms with Crippen molar-refractivity contribution in [1.82, 2.24) is 4.98 Å². The van der Waals surface area contributed by atoms with E-state index >= 15 is 0 Å². The summed E-state index contributed by atoms with van der Waals surface area (Å²) in [5, 5.41) is 0. The van der Waals surface area contributed by atoms with Crippen molar-refractivity contribution in [2.45, 2.75) is 32.6 Å². The SMILES string of the molecule is Cc1ccc(NS(=O)(=O)c2c(C)cc(C)c(N)c2C)cn1. The lowest BCUT2D eigenvalue weighted by Gasteiger charge is -2.16.